The summed E-state index contributed by atoms with van der Waals surface area (Å²) in [5.41, 5.74) is 3.86. The van der Waals surface area contributed by atoms with Crippen LogP contribution in [0.1, 0.15) is 40.1 Å². The van der Waals surface area contributed by atoms with Gasteiger partial charge in [0.2, 0.25) is 0 Å². The number of amides is 1. The molecule has 0 unspecified atom stereocenters. The van der Waals surface area contributed by atoms with E-state index in [1.54, 1.807) is 18.3 Å². The number of aryl methyl sites for hydroxylation is 1. The van der Waals surface area contributed by atoms with Gasteiger partial charge in [0, 0.05) is 30.0 Å². The first-order valence-electron chi connectivity index (χ1n) is 9.21. The van der Waals surface area contributed by atoms with Crippen molar-refractivity contribution in [3.8, 4) is 0 Å². The third-order valence-corrected chi connectivity index (χ3v) is 4.85. The highest BCUT2D eigenvalue weighted by Crippen LogP contribution is 2.20. The van der Waals surface area contributed by atoms with Gasteiger partial charge < -0.3 is 5.32 Å². The summed E-state index contributed by atoms with van der Waals surface area (Å²) in [6.07, 6.45) is 1.79. The quantitative estimate of drug-likeness (QED) is 0.659. The number of hydrogen-bond acceptors (Lipinski definition) is 3. The molecule has 0 saturated carbocycles. The first-order chi connectivity index (χ1) is 13.4. The molecule has 1 atom stereocenters. The van der Waals surface area contributed by atoms with Crippen LogP contribution in [-0.4, -0.2) is 22.8 Å². The van der Waals surface area contributed by atoms with Crippen LogP contribution in [0.25, 0.3) is 0 Å². The zero-order chi connectivity index (χ0) is 20.1. The van der Waals surface area contributed by atoms with E-state index in [1.807, 2.05) is 50.4 Å². The van der Waals surface area contributed by atoms with Gasteiger partial charge in [-0.3, -0.25) is 14.7 Å². The molecule has 0 spiro atoms. The molecule has 0 saturated heterocycles. The Morgan fingerprint density at radius 2 is 1.96 bits per heavy atom. The summed E-state index contributed by atoms with van der Waals surface area (Å²) in [7, 11) is 2.03. The van der Waals surface area contributed by atoms with Gasteiger partial charge >= 0.3 is 0 Å². The van der Waals surface area contributed by atoms with Crippen LogP contribution in [0.4, 0.5) is 10.1 Å². The molecule has 0 bridgehead atoms. The molecular formula is C23H24FN3O. The Kier molecular flexibility index (Phi) is 6.16. The zero-order valence-corrected chi connectivity index (χ0v) is 16.3. The molecular weight excluding hydrogens is 353 g/mol. The lowest BCUT2D eigenvalue weighted by atomic mass is 10.1. The standard InChI is InChI=1S/C23H24FN3O/c1-16-10-11-20(24)14-22(16)26-23(28)19-8-6-7-18(13-19)15-27(3)17(2)21-9-4-5-12-25-21/h4-14,17H,15H2,1-3H3,(H,26,28)/t17-/m0/s1. The number of carbonyl (C=O) groups is 1. The molecule has 3 rings (SSSR count). The maximum Gasteiger partial charge on any atom is 0.255 e. The van der Waals surface area contributed by atoms with E-state index in [0.29, 0.717) is 17.8 Å². The molecule has 144 valence electrons. The van der Waals surface area contributed by atoms with Crippen molar-refractivity contribution in [1.82, 2.24) is 9.88 Å². The first kappa shape index (κ1) is 19.7. The van der Waals surface area contributed by atoms with Gasteiger partial charge in [-0.05, 0) is 68.4 Å². The van der Waals surface area contributed by atoms with E-state index in [2.05, 4.69) is 22.1 Å². The number of hydrogen-bond donors (Lipinski definition) is 1. The molecule has 0 aliphatic carbocycles. The molecule has 1 amide bonds. The summed E-state index contributed by atoms with van der Waals surface area (Å²) < 4.78 is 13.5. The lowest BCUT2D eigenvalue weighted by molar-refractivity contribution is 0.102. The fourth-order valence-corrected chi connectivity index (χ4v) is 3.01. The number of aromatic nitrogens is 1. The SMILES string of the molecule is Cc1ccc(F)cc1NC(=O)c1cccc(CN(C)[C@@H](C)c2ccccn2)c1. The molecule has 1 aromatic heterocycles. The largest absolute Gasteiger partial charge is 0.322 e. The Hall–Kier alpha value is -3.05. The van der Waals surface area contributed by atoms with Gasteiger partial charge in [0.15, 0.2) is 0 Å². The van der Waals surface area contributed by atoms with Crippen molar-refractivity contribution in [2.75, 3.05) is 12.4 Å². The van der Waals surface area contributed by atoms with Gasteiger partial charge in [-0.2, -0.15) is 0 Å². The Morgan fingerprint density at radius 3 is 2.71 bits per heavy atom. The van der Waals surface area contributed by atoms with Crippen LogP contribution in [0, 0.1) is 12.7 Å². The van der Waals surface area contributed by atoms with Crippen LogP contribution in [0.2, 0.25) is 0 Å². The van der Waals surface area contributed by atoms with Crippen molar-refractivity contribution in [2.24, 2.45) is 0 Å². The van der Waals surface area contributed by atoms with E-state index in [4.69, 9.17) is 0 Å². The molecule has 2 aromatic carbocycles. The van der Waals surface area contributed by atoms with E-state index in [9.17, 15) is 9.18 Å². The molecule has 1 N–H and O–H groups in total. The van der Waals surface area contributed by atoms with Gasteiger partial charge in [-0.25, -0.2) is 4.39 Å². The van der Waals surface area contributed by atoms with Crippen LogP contribution in [0.3, 0.4) is 0 Å². The van der Waals surface area contributed by atoms with Crippen molar-refractivity contribution in [3.05, 3.63) is 95.1 Å². The molecule has 4 nitrogen and oxygen atoms in total. The summed E-state index contributed by atoms with van der Waals surface area (Å²) in [6.45, 7) is 4.61. The minimum Gasteiger partial charge on any atom is -0.322 e. The molecule has 0 aliphatic heterocycles. The summed E-state index contributed by atoms with van der Waals surface area (Å²) in [4.78, 5) is 19.2. The second-order valence-electron chi connectivity index (χ2n) is 6.96. The normalized spacial score (nSPS) is 12.0. The maximum absolute atomic E-state index is 13.5. The van der Waals surface area contributed by atoms with Gasteiger partial charge in [0.1, 0.15) is 5.82 Å². The predicted molar refractivity (Wildman–Crippen MR) is 110 cm³/mol. The Labute approximate surface area is 165 Å². The number of halogens is 1. The predicted octanol–water partition coefficient (Wildman–Crippen LogP) is 4.97. The Balaban J connectivity index is 1.71. The van der Waals surface area contributed by atoms with Gasteiger partial charge in [0.05, 0.1) is 5.69 Å². The van der Waals surface area contributed by atoms with Gasteiger partial charge in [-0.1, -0.05) is 24.3 Å². The fraction of sp³-hybridized carbons (Fsp3) is 0.217. The van der Waals surface area contributed by atoms with Crippen LogP contribution < -0.4 is 5.32 Å². The molecule has 3 aromatic rings. The number of nitrogens with zero attached hydrogens (tertiary/aromatic N) is 2. The monoisotopic (exact) mass is 377 g/mol. The van der Waals surface area contributed by atoms with Crippen LogP contribution in [-0.2, 0) is 6.54 Å². The maximum atomic E-state index is 13.5. The fourth-order valence-electron chi connectivity index (χ4n) is 3.01. The third kappa shape index (κ3) is 4.81. The van der Waals surface area contributed by atoms with Crippen molar-refractivity contribution in [3.63, 3.8) is 0 Å². The number of anilines is 1. The lowest BCUT2D eigenvalue weighted by Gasteiger charge is -2.24. The van der Waals surface area contributed by atoms with Crippen molar-refractivity contribution < 1.29 is 9.18 Å². The van der Waals surface area contributed by atoms with E-state index in [-0.39, 0.29) is 17.8 Å². The first-order valence-corrected chi connectivity index (χ1v) is 9.21. The third-order valence-electron chi connectivity index (χ3n) is 4.85. The summed E-state index contributed by atoms with van der Waals surface area (Å²) in [6, 6.07) is 17.9. The van der Waals surface area contributed by atoms with Crippen LogP contribution in [0.15, 0.2) is 66.9 Å². The van der Waals surface area contributed by atoms with Crippen molar-refractivity contribution in [1.29, 1.82) is 0 Å². The average molecular weight is 377 g/mol. The lowest BCUT2D eigenvalue weighted by Crippen LogP contribution is -2.23. The van der Waals surface area contributed by atoms with E-state index < -0.39 is 0 Å². The second-order valence-corrected chi connectivity index (χ2v) is 6.96. The minimum absolute atomic E-state index is 0.147. The minimum atomic E-state index is -0.375. The van der Waals surface area contributed by atoms with Crippen LogP contribution >= 0.6 is 0 Å². The number of carbonyl (C=O) groups excluding carboxylic acids is 1. The smallest absolute Gasteiger partial charge is 0.255 e. The summed E-state index contributed by atoms with van der Waals surface area (Å²) in [5, 5.41) is 2.79. The number of benzene rings is 2. The molecule has 0 radical (unpaired) electrons. The van der Waals surface area contributed by atoms with Crippen LogP contribution in [0.5, 0.6) is 0 Å². The highest BCUT2D eigenvalue weighted by atomic mass is 19.1. The molecule has 0 aliphatic rings. The van der Waals surface area contributed by atoms with Crippen molar-refractivity contribution in [2.45, 2.75) is 26.4 Å². The highest BCUT2D eigenvalue weighted by molar-refractivity contribution is 6.04. The molecule has 28 heavy (non-hydrogen) atoms. The number of nitrogens with one attached hydrogen (secondary N) is 1. The number of pyridine rings is 1. The van der Waals surface area contributed by atoms with E-state index >= 15 is 0 Å². The molecule has 1 heterocycles. The highest BCUT2D eigenvalue weighted by Gasteiger charge is 2.14. The zero-order valence-electron chi connectivity index (χ0n) is 16.3. The van der Waals surface area contributed by atoms with E-state index in [0.717, 1.165) is 16.8 Å². The number of rotatable bonds is 6. The van der Waals surface area contributed by atoms with Gasteiger partial charge in [-0.15, -0.1) is 0 Å². The van der Waals surface area contributed by atoms with E-state index in [1.165, 1.54) is 12.1 Å². The Morgan fingerprint density at radius 1 is 1.14 bits per heavy atom. The molecule has 5 heteroatoms. The summed E-state index contributed by atoms with van der Waals surface area (Å²) >= 11 is 0. The topological polar surface area (TPSA) is 45.2 Å². The summed E-state index contributed by atoms with van der Waals surface area (Å²) in [5.74, 6) is -0.629. The average Bonchev–Trinajstić information content (AvgIpc) is 2.71. The second kappa shape index (κ2) is 8.76. The van der Waals surface area contributed by atoms with Crippen molar-refractivity contribution >= 4 is 11.6 Å². The molecule has 0 fully saturated rings. The Bertz CT molecular complexity index is 959. The van der Waals surface area contributed by atoms with Gasteiger partial charge in [0.25, 0.3) is 5.91 Å².